The van der Waals surface area contributed by atoms with Crippen LogP contribution < -0.4 is 0 Å². The van der Waals surface area contributed by atoms with Crippen LogP contribution in [-0.2, 0) is 12.0 Å². The van der Waals surface area contributed by atoms with Crippen LogP contribution in [-0.4, -0.2) is 22.8 Å². The number of halogens is 1. The summed E-state index contributed by atoms with van der Waals surface area (Å²) in [5, 5.41) is 1.00. The highest BCUT2D eigenvalue weighted by molar-refractivity contribution is 9.10. The number of thiazole rings is 1. The number of amides is 1. The first-order valence-corrected chi connectivity index (χ1v) is 8.78. The van der Waals surface area contributed by atoms with E-state index in [0.717, 1.165) is 25.6 Å². The highest BCUT2D eigenvalue weighted by atomic mass is 79.9. The minimum atomic E-state index is -0.0328. The summed E-state index contributed by atoms with van der Waals surface area (Å²) in [5.41, 5.74) is 1.88. The average molecular weight is 381 g/mol. The van der Waals surface area contributed by atoms with Crippen LogP contribution in [0.5, 0.6) is 0 Å². The molecule has 3 nitrogen and oxygen atoms in total. The fraction of sp³-hybridized carbons (Fsp3) is 0.412. The molecule has 0 saturated heterocycles. The lowest BCUT2D eigenvalue weighted by molar-refractivity contribution is 0.0788. The van der Waals surface area contributed by atoms with Gasteiger partial charge in [0.05, 0.1) is 10.7 Å². The maximum Gasteiger partial charge on any atom is 0.265 e. The van der Waals surface area contributed by atoms with Crippen molar-refractivity contribution in [2.75, 3.05) is 7.05 Å². The Bertz CT molecular complexity index is 688. The Labute approximate surface area is 144 Å². The molecule has 2 aromatic rings. The van der Waals surface area contributed by atoms with E-state index in [4.69, 9.17) is 0 Å². The number of carbonyl (C=O) groups is 1. The minimum absolute atomic E-state index is 0.0289. The smallest absolute Gasteiger partial charge is 0.265 e. The second-order valence-electron chi connectivity index (χ2n) is 6.44. The molecule has 2 rings (SSSR count). The summed E-state index contributed by atoms with van der Waals surface area (Å²) in [4.78, 5) is 19.8. The molecule has 0 aliphatic carbocycles. The van der Waals surface area contributed by atoms with Crippen LogP contribution in [0.15, 0.2) is 28.7 Å². The van der Waals surface area contributed by atoms with Gasteiger partial charge in [0.25, 0.3) is 5.91 Å². The molecule has 118 valence electrons. The molecular weight excluding hydrogens is 360 g/mol. The quantitative estimate of drug-likeness (QED) is 0.766. The third kappa shape index (κ3) is 3.76. The molecule has 0 bridgehead atoms. The SMILES string of the molecule is Cc1nc(C(C)(C)C)sc1C(=O)N(C)Cc1ccccc1Br. The zero-order valence-corrected chi connectivity index (χ0v) is 16.0. The van der Waals surface area contributed by atoms with Gasteiger partial charge in [-0.15, -0.1) is 11.3 Å². The van der Waals surface area contributed by atoms with Crippen molar-refractivity contribution in [1.82, 2.24) is 9.88 Å². The lowest BCUT2D eigenvalue weighted by Gasteiger charge is -2.17. The predicted octanol–water partition coefficient (Wildman–Crippen LogP) is 4.78. The summed E-state index contributed by atoms with van der Waals surface area (Å²) in [7, 11) is 1.83. The first-order chi connectivity index (χ1) is 10.2. The lowest BCUT2D eigenvalue weighted by atomic mass is 9.98. The summed E-state index contributed by atoms with van der Waals surface area (Å²) >= 11 is 5.03. The van der Waals surface area contributed by atoms with Crippen molar-refractivity contribution in [3.8, 4) is 0 Å². The Morgan fingerprint density at radius 3 is 2.50 bits per heavy atom. The van der Waals surface area contributed by atoms with Crippen LogP contribution in [0.2, 0.25) is 0 Å². The van der Waals surface area contributed by atoms with Gasteiger partial charge in [0.1, 0.15) is 4.88 Å². The zero-order chi connectivity index (χ0) is 16.5. The van der Waals surface area contributed by atoms with Crippen LogP contribution in [0.3, 0.4) is 0 Å². The molecule has 1 heterocycles. The molecule has 0 N–H and O–H groups in total. The van der Waals surface area contributed by atoms with Gasteiger partial charge < -0.3 is 4.90 Å². The van der Waals surface area contributed by atoms with Crippen LogP contribution in [0.1, 0.15) is 46.7 Å². The molecule has 0 aliphatic rings. The molecule has 0 aliphatic heterocycles. The first kappa shape index (κ1) is 17.2. The summed E-state index contributed by atoms with van der Waals surface area (Å²) < 4.78 is 1.02. The number of hydrogen-bond acceptors (Lipinski definition) is 3. The molecule has 0 radical (unpaired) electrons. The molecule has 0 spiro atoms. The van der Waals surface area contributed by atoms with E-state index in [2.05, 4.69) is 41.7 Å². The maximum atomic E-state index is 12.7. The van der Waals surface area contributed by atoms with Gasteiger partial charge in [0.2, 0.25) is 0 Å². The number of carbonyl (C=O) groups excluding carboxylic acids is 1. The second-order valence-corrected chi connectivity index (χ2v) is 8.29. The molecule has 0 saturated carbocycles. The highest BCUT2D eigenvalue weighted by Crippen LogP contribution is 2.30. The van der Waals surface area contributed by atoms with Crippen molar-refractivity contribution in [2.45, 2.75) is 39.7 Å². The van der Waals surface area contributed by atoms with Crippen LogP contribution in [0.4, 0.5) is 0 Å². The maximum absolute atomic E-state index is 12.7. The molecule has 5 heteroatoms. The Kier molecular flexibility index (Phi) is 5.07. The Hall–Kier alpha value is -1.20. The van der Waals surface area contributed by atoms with Gasteiger partial charge in [-0.05, 0) is 18.6 Å². The van der Waals surface area contributed by atoms with E-state index >= 15 is 0 Å². The Balaban J connectivity index is 2.21. The second kappa shape index (κ2) is 6.50. The van der Waals surface area contributed by atoms with E-state index < -0.39 is 0 Å². The molecule has 0 atom stereocenters. The summed E-state index contributed by atoms with van der Waals surface area (Å²) in [6.45, 7) is 8.83. The van der Waals surface area contributed by atoms with Crippen LogP contribution in [0, 0.1) is 6.92 Å². The van der Waals surface area contributed by atoms with E-state index in [0.29, 0.717) is 6.54 Å². The normalized spacial score (nSPS) is 11.5. The van der Waals surface area contributed by atoms with E-state index in [1.165, 1.54) is 11.3 Å². The number of rotatable bonds is 3. The summed E-state index contributed by atoms with van der Waals surface area (Å²) in [5.74, 6) is 0.0289. The molecule has 0 unspecified atom stereocenters. The first-order valence-electron chi connectivity index (χ1n) is 7.17. The fourth-order valence-corrected chi connectivity index (χ4v) is 3.57. The highest BCUT2D eigenvalue weighted by Gasteiger charge is 2.24. The third-order valence-electron chi connectivity index (χ3n) is 3.34. The molecule has 1 amide bonds. The standard InChI is InChI=1S/C17H21BrN2OS/c1-11-14(22-16(19-11)17(2,3)4)15(21)20(5)10-12-8-6-7-9-13(12)18/h6-9H,10H2,1-5H3. The van der Waals surface area contributed by atoms with E-state index in [9.17, 15) is 4.79 Å². The third-order valence-corrected chi connectivity index (χ3v) is 5.69. The minimum Gasteiger partial charge on any atom is -0.337 e. The fourth-order valence-electron chi connectivity index (χ4n) is 2.04. The molecule has 22 heavy (non-hydrogen) atoms. The van der Waals surface area contributed by atoms with E-state index in [-0.39, 0.29) is 11.3 Å². The Morgan fingerprint density at radius 2 is 1.95 bits per heavy atom. The number of aryl methyl sites for hydroxylation is 1. The molecule has 0 fully saturated rings. The van der Waals surface area contributed by atoms with Crippen molar-refractivity contribution in [1.29, 1.82) is 0 Å². The summed E-state index contributed by atoms with van der Waals surface area (Å²) in [6, 6.07) is 7.96. The Morgan fingerprint density at radius 1 is 1.32 bits per heavy atom. The molecule has 1 aromatic heterocycles. The van der Waals surface area contributed by atoms with Crippen molar-refractivity contribution in [2.24, 2.45) is 0 Å². The zero-order valence-electron chi connectivity index (χ0n) is 13.6. The van der Waals surface area contributed by atoms with Crippen molar-refractivity contribution < 1.29 is 4.79 Å². The number of benzene rings is 1. The van der Waals surface area contributed by atoms with Gasteiger partial charge in [0, 0.05) is 23.5 Å². The lowest BCUT2D eigenvalue weighted by Crippen LogP contribution is -2.26. The predicted molar refractivity (Wildman–Crippen MR) is 95.5 cm³/mol. The molecule has 1 aromatic carbocycles. The van der Waals surface area contributed by atoms with Gasteiger partial charge in [0.15, 0.2) is 0 Å². The van der Waals surface area contributed by atoms with Crippen molar-refractivity contribution >= 4 is 33.2 Å². The van der Waals surface area contributed by atoms with E-state index in [1.54, 1.807) is 4.90 Å². The van der Waals surface area contributed by atoms with E-state index in [1.807, 2.05) is 38.2 Å². The van der Waals surface area contributed by atoms with Gasteiger partial charge >= 0.3 is 0 Å². The number of aromatic nitrogens is 1. The van der Waals surface area contributed by atoms with Crippen molar-refractivity contribution in [3.05, 3.63) is 49.9 Å². The topological polar surface area (TPSA) is 33.2 Å². The van der Waals surface area contributed by atoms with Gasteiger partial charge in [-0.3, -0.25) is 4.79 Å². The monoisotopic (exact) mass is 380 g/mol. The van der Waals surface area contributed by atoms with Crippen LogP contribution >= 0.6 is 27.3 Å². The average Bonchev–Trinajstić information content (AvgIpc) is 2.82. The van der Waals surface area contributed by atoms with Gasteiger partial charge in [-0.1, -0.05) is 54.9 Å². The molecular formula is C17H21BrN2OS. The summed E-state index contributed by atoms with van der Waals surface area (Å²) in [6.07, 6.45) is 0. The van der Waals surface area contributed by atoms with Crippen molar-refractivity contribution in [3.63, 3.8) is 0 Å². The number of nitrogens with zero attached hydrogens (tertiary/aromatic N) is 2. The largest absolute Gasteiger partial charge is 0.337 e. The van der Waals surface area contributed by atoms with Gasteiger partial charge in [-0.2, -0.15) is 0 Å². The van der Waals surface area contributed by atoms with Gasteiger partial charge in [-0.25, -0.2) is 4.98 Å². The number of hydrogen-bond donors (Lipinski definition) is 0. The van der Waals surface area contributed by atoms with Crippen LogP contribution in [0.25, 0.3) is 0 Å².